The van der Waals surface area contributed by atoms with Crippen molar-refractivity contribution in [1.29, 1.82) is 0 Å². The first-order valence-electron chi connectivity index (χ1n) is 3.49. The zero-order chi connectivity index (χ0) is 7.82. The first-order valence-corrected chi connectivity index (χ1v) is 3.49. The summed E-state index contributed by atoms with van der Waals surface area (Å²) in [4.78, 5) is 0. The molecule has 0 amide bonds. The maximum absolute atomic E-state index is 5.31. The largest absolute Gasteiger partial charge is 0.327 e. The van der Waals surface area contributed by atoms with Crippen molar-refractivity contribution >= 4 is 0 Å². The van der Waals surface area contributed by atoms with Gasteiger partial charge in [-0.2, -0.15) is 0 Å². The topological polar surface area (TPSA) is 38.0 Å². The minimum absolute atomic E-state index is 0.621. The monoisotopic (exact) mass is 140 g/mol. The van der Waals surface area contributed by atoms with Crippen LogP contribution in [0, 0.1) is 0 Å². The Labute approximate surface area is 62.8 Å². The van der Waals surface area contributed by atoms with Crippen molar-refractivity contribution < 1.29 is 0 Å². The summed E-state index contributed by atoms with van der Waals surface area (Å²) in [5, 5.41) is 3.02. The minimum atomic E-state index is 0.621. The van der Waals surface area contributed by atoms with Crippen LogP contribution in [0.4, 0.5) is 0 Å². The third-order valence-electron chi connectivity index (χ3n) is 1.14. The summed E-state index contributed by atoms with van der Waals surface area (Å²) in [7, 11) is 1.92. The van der Waals surface area contributed by atoms with Crippen LogP contribution in [0.25, 0.3) is 0 Å². The van der Waals surface area contributed by atoms with Gasteiger partial charge in [0.25, 0.3) is 0 Å². The molecule has 0 aliphatic heterocycles. The fourth-order valence-electron chi connectivity index (χ4n) is 0.617. The Morgan fingerprint density at radius 3 is 2.80 bits per heavy atom. The molecule has 0 aromatic heterocycles. The third kappa shape index (κ3) is 5.54. The fourth-order valence-corrected chi connectivity index (χ4v) is 0.617. The lowest BCUT2D eigenvalue weighted by molar-refractivity contribution is 0.919. The summed E-state index contributed by atoms with van der Waals surface area (Å²) >= 11 is 0. The van der Waals surface area contributed by atoms with Gasteiger partial charge in [-0.25, -0.2) is 0 Å². The number of likely N-dealkylation sites (N-methyl/N-ethyl adjacent to an activating group) is 1. The van der Waals surface area contributed by atoms with Crippen LogP contribution < -0.4 is 11.1 Å². The first kappa shape index (κ1) is 9.40. The van der Waals surface area contributed by atoms with Crippen LogP contribution in [0.1, 0.15) is 6.92 Å². The van der Waals surface area contributed by atoms with Crippen molar-refractivity contribution in [2.45, 2.75) is 6.92 Å². The highest BCUT2D eigenvalue weighted by atomic mass is 14.8. The van der Waals surface area contributed by atoms with E-state index in [2.05, 4.69) is 17.5 Å². The van der Waals surface area contributed by atoms with E-state index in [-0.39, 0.29) is 0 Å². The molecule has 58 valence electrons. The van der Waals surface area contributed by atoms with E-state index < -0.39 is 0 Å². The Kier molecular flexibility index (Phi) is 6.13. The van der Waals surface area contributed by atoms with E-state index >= 15 is 0 Å². The highest BCUT2D eigenvalue weighted by Crippen LogP contribution is 1.91. The number of rotatable bonds is 4. The van der Waals surface area contributed by atoms with Gasteiger partial charge in [0.05, 0.1) is 0 Å². The first-order chi connectivity index (χ1) is 4.81. The molecule has 0 fully saturated rings. The van der Waals surface area contributed by atoms with Gasteiger partial charge in [0.15, 0.2) is 0 Å². The van der Waals surface area contributed by atoms with Crippen molar-refractivity contribution in [1.82, 2.24) is 5.32 Å². The van der Waals surface area contributed by atoms with Gasteiger partial charge < -0.3 is 11.1 Å². The molecular weight excluding hydrogens is 124 g/mol. The molecule has 0 spiro atoms. The predicted molar refractivity (Wildman–Crippen MR) is 45.9 cm³/mol. The molecule has 0 rings (SSSR count). The van der Waals surface area contributed by atoms with Gasteiger partial charge in [0.1, 0.15) is 0 Å². The van der Waals surface area contributed by atoms with Gasteiger partial charge in [-0.05, 0) is 14.0 Å². The van der Waals surface area contributed by atoms with E-state index in [9.17, 15) is 0 Å². The van der Waals surface area contributed by atoms with E-state index in [0.29, 0.717) is 6.54 Å². The smallest absolute Gasteiger partial charge is 0.0135 e. The Morgan fingerprint density at radius 2 is 2.30 bits per heavy atom. The van der Waals surface area contributed by atoms with Crippen LogP contribution in [0.3, 0.4) is 0 Å². The molecule has 0 heterocycles. The Balaban J connectivity index is 3.55. The zero-order valence-electron chi connectivity index (χ0n) is 6.72. The van der Waals surface area contributed by atoms with Gasteiger partial charge >= 0.3 is 0 Å². The summed E-state index contributed by atoms with van der Waals surface area (Å²) in [5.74, 6) is 0. The average molecular weight is 140 g/mol. The SMILES string of the molecule is CNC/C=C\C(C)=C/CN. The molecule has 0 saturated carbocycles. The van der Waals surface area contributed by atoms with Gasteiger partial charge in [0.2, 0.25) is 0 Å². The second kappa shape index (κ2) is 6.52. The van der Waals surface area contributed by atoms with Crippen LogP contribution in [-0.4, -0.2) is 20.1 Å². The number of allylic oxidation sites excluding steroid dienone is 2. The standard InChI is InChI=1S/C8H16N2/c1-8(5-6-9)4-3-7-10-2/h3-5,10H,6-7,9H2,1-2H3/b4-3-,8-5-. The summed E-state index contributed by atoms with van der Waals surface area (Å²) in [6.45, 7) is 3.57. The average Bonchev–Trinajstić information content (AvgIpc) is 1.89. The molecule has 2 nitrogen and oxygen atoms in total. The second-order valence-electron chi connectivity index (χ2n) is 2.14. The van der Waals surface area contributed by atoms with E-state index in [1.54, 1.807) is 0 Å². The molecule has 0 radical (unpaired) electrons. The van der Waals surface area contributed by atoms with Crippen LogP contribution in [0.5, 0.6) is 0 Å². The molecular formula is C8H16N2. The van der Waals surface area contributed by atoms with Gasteiger partial charge in [0, 0.05) is 13.1 Å². The van der Waals surface area contributed by atoms with Crippen LogP contribution in [0.15, 0.2) is 23.8 Å². The lowest BCUT2D eigenvalue weighted by Gasteiger charge is -1.90. The summed E-state index contributed by atoms with van der Waals surface area (Å²) < 4.78 is 0. The molecule has 0 aromatic rings. The van der Waals surface area contributed by atoms with Crippen LogP contribution >= 0.6 is 0 Å². The van der Waals surface area contributed by atoms with Crippen molar-refractivity contribution in [3.63, 3.8) is 0 Å². The lowest BCUT2D eigenvalue weighted by atomic mass is 10.2. The van der Waals surface area contributed by atoms with E-state index in [4.69, 9.17) is 5.73 Å². The lowest BCUT2D eigenvalue weighted by Crippen LogP contribution is -2.03. The van der Waals surface area contributed by atoms with Crippen molar-refractivity contribution in [3.8, 4) is 0 Å². The number of nitrogens with one attached hydrogen (secondary N) is 1. The summed E-state index contributed by atoms with van der Waals surface area (Å²) in [6, 6.07) is 0. The Morgan fingerprint density at radius 1 is 1.60 bits per heavy atom. The highest BCUT2D eigenvalue weighted by molar-refractivity contribution is 5.16. The summed E-state index contributed by atoms with van der Waals surface area (Å²) in [6.07, 6.45) is 6.12. The van der Waals surface area contributed by atoms with Crippen molar-refractivity contribution in [2.24, 2.45) is 5.73 Å². The molecule has 2 heteroatoms. The molecule has 0 aliphatic rings. The molecule has 0 bridgehead atoms. The van der Waals surface area contributed by atoms with Crippen LogP contribution in [0.2, 0.25) is 0 Å². The maximum Gasteiger partial charge on any atom is 0.0135 e. The van der Waals surface area contributed by atoms with Crippen LogP contribution in [-0.2, 0) is 0 Å². The van der Waals surface area contributed by atoms with Crippen molar-refractivity contribution in [3.05, 3.63) is 23.8 Å². The minimum Gasteiger partial charge on any atom is -0.327 e. The molecule has 0 aliphatic carbocycles. The molecule has 0 saturated heterocycles. The predicted octanol–water partition coefficient (Wildman–Crippen LogP) is 0.667. The number of nitrogens with two attached hydrogens (primary N) is 1. The zero-order valence-corrected chi connectivity index (χ0v) is 6.72. The molecule has 3 N–H and O–H groups in total. The molecule has 0 atom stereocenters. The van der Waals surface area contributed by atoms with Gasteiger partial charge in [-0.3, -0.25) is 0 Å². The molecule has 10 heavy (non-hydrogen) atoms. The highest BCUT2D eigenvalue weighted by Gasteiger charge is 1.77. The van der Waals surface area contributed by atoms with E-state index in [0.717, 1.165) is 6.54 Å². The molecule has 0 aromatic carbocycles. The number of hydrogen-bond acceptors (Lipinski definition) is 2. The van der Waals surface area contributed by atoms with E-state index in [1.165, 1.54) is 5.57 Å². The van der Waals surface area contributed by atoms with Gasteiger partial charge in [-0.1, -0.05) is 23.8 Å². The normalized spacial score (nSPS) is 12.9. The third-order valence-corrected chi connectivity index (χ3v) is 1.14. The summed E-state index contributed by atoms with van der Waals surface area (Å²) in [5.41, 5.74) is 6.53. The Hall–Kier alpha value is -0.600. The van der Waals surface area contributed by atoms with Crippen molar-refractivity contribution in [2.75, 3.05) is 20.1 Å². The maximum atomic E-state index is 5.31. The van der Waals surface area contributed by atoms with E-state index in [1.807, 2.05) is 20.0 Å². The number of hydrogen-bond donors (Lipinski definition) is 2. The molecule has 0 unspecified atom stereocenters. The Bertz CT molecular complexity index is 125. The second-order valence-corrected chi connectivity index (χ2v) is 2.14. The van der Waals surface area contributed by atoms with Gasteiger partial charge in [-0.15, -0.1) is 0 Å². The quantitative estimate of drug-likeness (QED) is 0.563. The fraction of sp³-hybridized carbons (Fsp3) is 0.500.